The van der Waals surface area contributed by atoms with Gasteiger partial charge in [0.2, 0.25) is 0 Å². The first-order chi connectivity index (χ1) is 8.20. The Kier molecular flexibility index (Phi) is 3.46. The maximum atomic E-state index is 11.9. The Hall–Kier alpha value is -1.79. The fourth-order valence-corrected chi connectivity index (χ4v) is 1.59. The smallest absolute Gasteiger partial charge is 0.252 e. The van der Waals surface area contributed by atoms with Crippen molar-refractivity contribution in [2.45, 2.75) is 25.8 Å². The molecule has 0 aromatic heterocycles. The summed E-state index contributed by atoms with van der Waals surface area (Å²) in [4.78, 5) is 11.9. The molecule has 0 spiro atoms. The number of carbonyl (C=O) groups is 1. The predicted octanol–water partition coefficient (Wildman–Crippen LogP) is 1.23. The van der Waals surface area contributed by atoms with E-state index < -0.39 is 0 Å². The molecule has 2 N–H and O–H groups in total. The van der Waals surface area contributed by atoms with Gasteiger partial charge in [-0.3, -0.25) is 4.79 Å². The van der Waals surface area contributed by atoms with Gasteiger partial charge in [0, 0.05) is 11.6 Å². The van der Waals surface area contributed by atoms with Crippen LogP contribution in [-0.4, -0.2) is 23.7 Å². The summed E-state index contributed by atoms with van der Waals surface area (Å²) in [5.74, 6) is 5.32. The van der Waals surface area contributed by atoms with Crippen LogP contribution in [0.2, 0.25) is 0 Å². The zero-order valence-corrected chi connectivity index (χ0v) is 9.79. The second-order valence-electron chi connectivity index (χ2n) is 4.26. The normalized spacial score (nSPS) is 13.8. The predicted molar refractivity (Wildman–Crippen MR) is 65.6 cm³/mol. The minimum atomic E-state index is -0.197. The molecule has 1 saturated carbocycles. The van der Waals surface area contributed by atoms with Crippen molar-refractivity contribution < 1.29 is 9.90 Å². The molecule has 1 aliphatic carbocycles. The minimum absolute atomic E-state index is 0.0743. The van der Waals surface area contributed by atoms with Crippen molar-refractivity contribution >= 4 is 5.91 Å². The summed E-state index contributed by atoms with van der Waals surface area (Å²) in [5.41, 5.74) is 2.32. The van der Waals surface area contributed by atoms with Crippen LogP contribution in [0.3, 0.4) is 0 Å². The molecular formula is C14H15NO2. The standard InChI is InChI=1S/C14H15NO2/c1-10-4-7-13(11(9-10)3-2-8-16)14(17)15-12-5-6-12/h4,7,9,12,16H,5-6,8H2,1H3,(H,15,17). The average Bonchev–Trinajstić information content (AvgIpc) is 3.10. The SMILES string of the molecule is Cc1ccc(C(=O)NC2CC2)c(C#CCO)c1. The molecule has 0 radical (unpaired) electrons. The van der Waals surface area contributed by atoms with Crippen LogP contribution in [0.5, 0.6) is 0 Å². The first-order valence-corrected chi connectivity index (χ1v) is 5.72. The molecule has 1 aliphatic rings. The summed E-state index contributed by atoms with van der Waals surface area (Å²) in [7, 11) is 0. The number of aliphatic hydroxyl groups excluding tert-OH is 1. The van der Waals surface area contributed by atoms with Gasteiger partial charge in [0.1, 0.15) is 6.61 Å². The topological polar surface area (TPSA) is 49.3 Å². The van der Waals surface area contributed by atoms with Crippen molar-refractivity contribution in [2.24, 2.45) is 0 Å². The quantitative estimate of drug-likeness (QED) is 0.749. The summed E-state index contributed by atoms with van der Waals surface area (Å²) in [5, 5.41) is 11.6. The Balaban J connectivity index is 2.27. The van der Waals surface area contributed by atoms with Crippen LogP contribution in [0.4, 0.5) is 0 Å². The number of aryl methyl sites for hydroxylation is 1. The molecule has 0 unspecified atom stereocenters. The molecule has 0 heterocycles. The minimum Gasteiger partial charge on any atom is -0.384 e. The molecule has 17 heavy (non-hydrogen) atoms. The highest BCUT2D eigenvalue weighted by Crippen LogP contribution is 2.20. The third-order valence-corrected chi connectivity index (χ3v) is 2.63. The Morgan fingerprint density at radius 3 is 2.94 bits per heavy atom. The monoisotopic (exact) mass is 229 g/mol. The fraction of sp³-hybridized carbons (Fsp3) is 0.357. The number of aliphatic hydroxyl groups is 1. The van der Waals surface area contributed by atoms with E-state index in [0.29, 0.717) is 17.2 Å². The first-order valence-electron chi connectivity index (χ1n) is 5.72. The van der Waals surface area contributed by atoms with Crippen molar-refractivity contribution in [3.8, 4) is 11.8 Å². The van der Waals surface area contributed by atoms with Crippen LogP contribution in [-0.2, 0) is 0 Å². The highest BCUT2D eigenvalue weighted by atomic mass is 16.2. The highest BCUT2D eigenvalue weighted by Gasteiger charge is 2.24. The first kappa shape index (κ1) is 11.7. The number of nitrogens with one attached hydrogen (secondary N) is 1. The highest BCUT2D eigenvalue weighted by molar-refractivity contribution is 5.97. The van der Waals surface area contributed by atoms with Crippen LogP contribution in [0, 0.1) is 18.8 Å². The van der Waals surface area contributed by atoms with Gasteiger partial charge >= 0.3 is 0 Å². The number of benzene rings is 1. The molecule has 88 valence electrons. The zero-order valence-electron chi connectivity index (χ0n) is 9.79. The lowest BCUT2D eigenvalue weighted by Crippen LogP contribution is -2.26. The van der Waals surface area contributed by atoms with E-state index in [2.05, 4.69) is 17.2 Å². The molecule has 3 nitrogen and oxygen atoms in total. The van der Waals surface area contributed by atoms with Crippen molar-refractivity contribution in [1.82, 2.24) is 5.32 Å². The van der Waals surface area contributed by atoms with Crippen LogP contribution in [0.15, 0.2) is 18.2 Å². The summed E-state index contributed by atoms with van der Waals surface area (Å²) < 4.78 is 0. The molecular weight excluding hydrogens is 214 g/mol. The molecule has 0 bridgehead atoms. The number of carbonyl (C=O) groups excluding carboxylic acids is 1. The zero-order chi connectivity index (χ0) is 12.3. The van der Waals surface area contributed by atoms with Gasteiger partial charge in [0.05, 0.1) is 5.56 Å². The van der Waals surface area contributed by atoms with Gasteiger partial charge in [-0.15, -0.1) is 0 Å². The summed E-state index contributed by atoms with van der Waals surface area (Å²) in [6.45, 7) is 1.75. The van der Waals surface area contributed by atoms with Gasteiger partial charge in [0.25, 0.3) is 5.91 Å². The molecule has 3 heteroatoms. The molecule has 0 saturated heterocycles. The van der Waals surface area contributed by atoms with E-state index in [4.69, 9.17) is 5.11 Å². The third kappa shape index (κ3) is 3.08. The molecule has 0 aliphatic heterocycles. The summed E-state index contributed by atoms with van der Waals surface area (Å²) >= 11 is 0. The van der Waals surface area contributed by atoms with Gasteiger partial charge in [-0.2, -0.15) is 0 Å². The Morgan fingerprint density at radius 2 is 2.29 bits per heavy atom. The Morgan fingerprint density at radius 1 is 1.53 bits per heavy atom. The van der Waals surface area contributed by atoms with Crippen LogP contribution in [0.1, 0.15) is 34.3 Å². The number of hydrogen-bond acceptors (Lipinski definition) is 2. The molecule has 1 fully saturated rings. The van der Waals surface area contributed by atoms with Crippen molar-refractivity contribution in [1.29, 1.82) is 0 Å². The van der Waals surface area contributed by atoms with E-state index in [1.807, 2.05) is 19.1 Å². The number of amides is 1. The molecule has 2 rings (SSSR count). The lowest BCUT2D eigenvalue weighted by atomic mass is 10.0. The summed E-state index contributed by atoms with van der Waals surface area (Å²) in [6, 6.07) is 5.88. The van der Waals surface area contributed by atoms with E-state index in [0.717, 1.165) is 18.4 Å². The van der Waals surface area contributed by atoms with E-state index >= 15 is 0 Å². The van der Waals surface area contributed by atoms with Gasteiger partial charge in [0.15, 0.2) is 0 Å². The van der Waals surface area contributed by atoms with Crippen molar-refractivity contribution in [3.05, 3.63) is 34.9 Å². The van der Waals surface area contributed by atoms with Gasteiger partial charge < -0.3 is 10.4 Å². The maximum absolute atomic E-state index is 11.9. The van der Waals surface area contributed by atoms with Gasteiger partial charge in [-0.1, -0.05) is 17.9 Å². The largest absolute Gasteiger partial charge is 0.384 e. The molecule has 0 atom stereocenters. The third-order valence-electron chi connectivity index (χ3n) is 2.63. The van der Waals surface area contributed by atoms with E-state index in [1.165, 1.54) is 0 Å². The Bertz CT molecular complexity index is 493. The second kappa shape index (κ2) is 5.03. The lowest BCUT2D eigenvalue weighted by Gasteiger charge is -2.06. The van der Waals surface area contributed by atoms with Crippen LogP contribution >= 0.6 is 0 Å². The number of hydrogen-bond donors (Lipinski definition) is 2. The van der Waals surface area contributed by atoms with E-state index in [9.17, 15) is 4.79 Å². The van der Waals surface area contributed by atoms with E-state index in [1.54, 1.807) is 6.07 Å². The maximum Gasteiger partial charge on any atom is 0.252 e. The second-order valence-corrected chi connectivity index (χ2v) is 4.26. The average molecular weight is 229 g/mol. The Labute approximate surface area is 101 Å². The molecule has 1 amide bonds. The van der Waals surface area contributed by atoms with Crippen LogP contribution in [0.25, 0.3) is 0 Å². The van der Waals surface area contributed by atoms with Gasteiger partial charge in [-0.25, -0.2) is 0 Å². The lowest BCUT2D eigenvalue weighted by molar-refractivity contribution is 0.0951. The van der Waals surface area contributed by atoms with Crippen molar-refractivity contribution in [2.75, 3.05) is 6.61 Å². The fourth-order valence-electron chi connectivity index (χ4n) is 1.59. The van der Waals surface area contributed by atoms with Crippen LogP contribution < -0.4 is 5.32 Å². The van der Waals surface area contributed by atoms with E-state index in [-0.39, 0.29) is 12.5 Å². The van der Waals surface area contributed by atoms with Crippen molar-refractivity contribution in [3.63, 3.8) is 0 Å². The number of rotatable bonds is 2. The molecule has 1 aromatic rings. The summed E-state index contributed by atoms with van der Waals surface area (Å²) in [6.07, 6.45) is 2.13. The molecule has 1 aromatic carbocycles. The van der Waals surface area contributed by atoms with Gasteiger partial charge in [-0.05, 0) is 37.5 Å².